The number of sulfonamides is 1. The molecule has 0 atom stereocenters. The van der Waals surface area contributed by atoms with E-state index in [1.165, 1.54) is 11.1 Å². The van der Waals surface area contributed by atoms with E-state index in [4.69, 9.17) is 0 Å². The van der Waals surface area contributed by atoms with Crippen LogP contribution in [0.15, 0.2) is 53.4 Å². The fraction of sp³-hybridized carbons (Fsp3) is 0.400. The van der Waals surface area contributed by atoms with E-state index in [0.29, 0.717) is 11.4 Å². The van der Waals surface area contributed by atoms with Gasteiger partial charge in [-0.1, -0.05) is 37.6 Å². The zero-order chi connectivity index (χ0) is 18.3. The van der Waals surface area contributed by atoms with Crippen molar-refractivity contribution in [3.8, 4) is 0 Å². The minimum atomic E-state index is -3.42. The summed E-state index contributed by atoms with van der Waals surface area (Å²) in [6.07, 6.45) is 3.65. The van der Waals surface area contributed by atoms with Crippen LogP contribution in [0, 0.1) is 0 Å². The molecule has 2 rings (SSSR count). The molecule has 0 fully saturated rings. The molecule has 0 heterocycles. The Labute approximate surface area is 151 Å². The molecule has 0 aromatic heterocycles. The minimum Gasteiger partial charge on any atom is -0.378 e. The fourth-order valence-electron chi connectivity index (χ4n) is 2.67. The monoisotopic (exact) mass is 360 g/mol. The van der Waals surface area contributed by atoms with Crippen molar-refractivity contribution in [2.45, 2.75) is 37.5 Å². The number of nitrogens with zero attached hydrogens (tertiary/aromatic N) is 1. The van der Waals surface area contributed by atoms with Crippen LogP contribution in [0.1, 0.15) is 30.9 Å². The maximum Gasteiger partial charge on any atom is 0.240 e. The Morgan fingerprint density at radius 2 is 1.44 bits per heavy atom. The Kier molecular flexibility index (Phi) is 7.02. The van der Waals surface area contributed by atoms with E-state index in [2.05, 4.69) is 40.8 Å². The zero-order valence-electron chi connectivity index (χ0n) is 15.3. The Morgan fingerprint density at radius 1 is 0.880 bits per heavy atom. The summed E-state index contributed by atoms with van der Waals surface area (Å²) in [7, 11) is 0.604. The first kappa shape index (κ1) is 19.5. The molecule has 0 saturated heterocycles. The summed E-state index contributed by atoms with van der Waals surface area (Å²) in [5.74, 6) is 0. The van der Waals surface area contributed by atoms with Crippen molar-refractivity contribution >= 4 is 15.7 Å². The van der Waals surface area contributed by atoms with Crippen LogP contribution in [0.3, 0.4) is 0 Å². The molecule has 0 spiro atoms. The third-order valence-electron chi connectivity index (χ3n) is 4.16. The molecule has 0 amide bonds. The maximum absolute atomic E-state index is 12.3. The van der Waals surface area contributed by atoms with Gasteiger partial charge in [-0.25, -0.2) is 13.1 Å². The second-order valence-corrected chi connectivity index (χ2v) is 8.22. The van der Waals surface area contributed by atoms with Crippen molar-refractivity contribution in [3.05, 3.63) is 59.7 Å². The first-order chi connectivity index (χ1) is 11.9. The largest absolute Gasteiger partial charge is 0.378 e. The van der Waals surface area contributed by atoms with Crippen LogP contribution < -0.4 is 9.62 Å². The number of hydrogen-bond donors (Lipinski definition) is 1. The normalized spacial score (nSPS) is 11.5. The van der Waals surface area contributed by atoms with Gasteiger partial charge in [0.1, 0.15) is 0 Å². The molecule has 136 valence electrons. The van der Waals surface area contributed by atoms with E-state index in [1.54, 1.807) is 12.1 Å². The molecule has 25 heavy (non-hydrogen) atoms. The van der Waals surface area contributed by atoms with Gasteiger partial charge in [0, 0.05) is 26.3 Å². The summed E-state index contributed by atoms with van der Waals surface area (Å²) >= 11 is 0. The van der Waals surface area contributed by atoms with Crippen molar-refractivity contribution < 1.29 is 8.42 Å². The van der Waals surface area contributed by atoms with Gasteiger partial charge in [-0.2, -0.15) is 0 Å². The highest BCUT2D eigenvalue weighted by atomic mass is 32.2. The highest BCUT2D eigenvalue weighted by molar-refractivity contribution is 7.89. The first-order valence-electron chi connectivity index (χ1n) is 8.77. The van der Waals surface area contributed by atoms with Crippen LogP contribution >= 0.6 is 0 Å². The summed E-state index contributed by atoms with van der Waals surface area (Å²) in [6, 6.07) is 15.5. The molecule has 0 saturated carbocycles. The summed E-state index contributed by atoms with van der Waals surface area (Å²) in [5, 5.41) is 0. The second-order valence-electron chi connectivity index (χ2n) is 6.46. The van der Waals surface area contributed by atoms with E-state index in [0.717, 1.165) is 31.4 Å². The van der Waals surface area contributed by atoms with Crippen LogP contribution in [0.2, 0.25) is 0 Å². The predicted molar refractivity (Wildman–Crippen MR) is 105 cm³/mol. The lowest BCUT2D eigenvalue weighted by Gasteiger charge is -2.12. The van der Waals surface area contributed by atoms with Crippen molar-refractivity contribution in [1.82, 2.24) is 4.72 Å². The number of benzene rings is 2. The summed E-state index contributed by atoms with van der Waals surface area (Å²) in [5.41, 5.74) is 3.55. The van der Waals surface area contributed by atoms with Gasteiger partial charge in [0.25, 0.3) is 0 Å². The Bertz CT molecular complexity index is 751. The number of rotatable bonds is 9. The number of anilines is 1. The third-order valence-corrected chi connectivity index (χ3v) is 5.64. The molecule has 2 aromatic rings. The molecule has 0 radical (unpaired) electrons. The van der Waals surface area contributed by atoms with Crippen molar-refractivity contribution in [1.29, 1.82) is 0 Å². The van der Waals surface area contributed by atoms with Crippen LogP contribution in [0.5, 0.6) is 0 Å². The van der Waals surface area contributed by atoms with Gasteiger partial charge in [0.05, 0.1) is 4.90 Å². The Balaban J connectivity index is 1.83. The van der Waals surface area contributed by atoms with Gasteiger partial charge < -0.3 is 4.90 Å². The molecule has 1 N–H and O–H groups in total. The van der Waals surface area contributed by atoms with E-state index >= 15 is 0 Å². The molecular weight excluding hydrogens is 332 g/mol. The van der Waals surface area contributed by atoms with Crippen LogP contribution in [0.4, 0.5) is 5.69 Å². The quantitative estimate of drug-likeness (QED) is 0.695. The fourth-order valence-corrected chi connectivity index (χ4v) is 3.74. The van der Waals surface area contributed by atoms with Gasteiger partial charge in [-0.05, 0) is 54.7 Å². The number of nitrogens with one attached hydrogen (secondary N) is 1. The molecule has 0 aliphatic carbocycles. The standard InChI is InChI=1S/C20H28N2O2S/c1-4-6-17-10-14-20(15-11-17)25(23,24)21-16-5-7-18-8-12-19(13-9-18)22(2)3/h8-15,21H,4-7,16H2,1-3H3. The molecular formula is C20H28N2O2S. The molecule has 0 aliphatic rings. The van der Waals surface area contributed by atoms with Gasteiger partial charge >= 0.3 is 0 Å². The molecule has 4 nitrogen and oxygen atoms in total. The molecule has 5 heteroatoms. The van der Waals surface area contributed by atoms with E-state index < -0.39 is 10.0 Å². The van der Waals surface area contributed by atoms with Crippen LogP contribution in [-0.4, -0.2) is 29.1 Å². The van der Waals surface area contributed by atoms with Gasteiger partial charge in [-0.3, -0.25) is 0 Å². The molecule has 2 aromatic carbocycles. The molecule has 0 unspecified atom stereocenters. The van der Waals surface area contributed by atoms with Crippen molar-refractivity contribution in [2.24, 2.45) is 0 Å². The topological polar surface area (TPSA) is 49.4 Å². The first-order valence-corrected chi connectivity index (χ1v) is 10.3. The minimum absolute atomic E-state index is 0.336. The Morgan fingerprint density at radius 3 is 2.00 bits per heavy atom. The number of hydrogen-bond acceptors (Lipinski definition) is 3. The van der Waals surface area contributed by atoms with Gasteiger partial charge in [0.2, 0.25) is 10.0 Å². The van der Waals surface area contributed by atoms with Crippen molar-refractivity contribution in [2.75, 3.05) is 25.5 Å². The average molecular weight is 361 g/mol. The van der Waals surface area contributed by atoms with Crippen molar-refractivity contribution in [3.63, 3.8) is 0 Å². The lowest BCUT2D eigenvalue weighted by molar-refractivity contribution is 0.579. The maximum atomic E-state index is 12.3. The van der Waals surface area contributed by atoms with Crippen LogP contribution in [0.25, 0.3) is 0 Å². The second kappa shape index (κ2) is 9.02. The number of aryl methyl sites for hydroxylation is 2. The molecule has 0 aliphatic heterocycles. The predicted octanol–water partition coefficient (Wildman–Crippen LogP) is 3.62. The average Bonchev–Trinajstić information content (AvgIpc) is 2.60. The van der Waals surface area contributed by atoms with E-state index in [-0.39, 0.29) is 0 Å². The SMILES string of the molecule is CCCc1ccc(S(=O)(=O)NCCCc2ccc(N(C)C)cc2)cc1. The molecule has 0 bridgehead atoms. The van der Waals surface area contributed by atoms with Gasteiger partial charge in [0.15, 0.2) is 0 Å². The van der Waals surface area contributed by atoms with Crippen LogP contribution in [-0.2, 0) is 22.9 Å². The lowest BCUT2D eigenvalue weighted by Crippen LogP contribution is -2.25. The zero-order valence-corrected chi connectivity index (χ0v) is 16.1. The van der Waals surface area contributed by atoms with Gasteiger partial charge in [-0.15, -0.1) is 0 Å². The summed E-state index contributed by atoms with van der Waals surface area (Å²) in [4.78, 5) is 2.40. The highest BCUT2D eigenvalue weighted by Gasteiger charge is 2.12. The summed E-state index contributed by atoms with van der Waals surface area (Å²) < 4.78 is 27.3. The third kappa shape index (κ3) is 5.87. The van der Waals surface area contributed by atoms with E-state index in [9.17, 15) is 8.42 Å². The lowest BCUT2D eigenvalue weighted by atomic mass is 10.1. The smallest absolute Gasteiger partial charge is 0.240 e. The highest BCUT2D eigenvalue weighted by Crippen LogP contribution is 2.14. The summed E-state index contributed by atoms with van der Waals surface area (Å²) in [6.45, 7) is 2.55. The Hall–Kier alpha value is -1.85. The van der Waals surface area contributed by atoms with E-state index in [1.807, 2.05) is 26.2 Å².